The average molecular weight is 346 g/mol. The number of carbonyl (C=O) groups is 2. The highest BCUT2D eigenvalue weighted by Gasteiger charge is 2.29. The molecule has 0 atom stereocenters. The number of carboxylic acids is 1. The van der Waals surface area contributed by atoms with Crippen LogP contribution in [0.2, 0.25) is 0 Å². The van der Waals surface area contributed by atoms with Crippen LogP contribution in [0, 0.1) is 0 Å². The first kappa shape index (κ1) is 16.9. The van der Waals surface area contributed by atoms with Crippen molar-refractivity contribution in [2.45, 2.75) is 32.2 Å². The summed E-state index contributed by atoms with van der Waals surface area (Å²) in [6, 6.07) is 1.54. The van der Waals surface area contributed by atoms with Crippen molar-refractivity contribution in [2.75, 3.05) is 13.6 Å². The number of pyridine rings is 1. The maximum Gasteiger partial charge on any atom is 0.329 e. The summed E-state index contributed by atoms with van der Waals surface area (Å²) in [4.78, 5) is 55.7. The van der Waals surface area contributed by atoms with E-state index in [9.17, 15) is 19.2 Å². The van der Waals surface area contributed by atoms with Crippen LogP contribution in [0.3, 0.4) is 0 Å². The SMILES string of the molecule is CCn1c(=O)[nH]c(=O)c2c(C(=O)N(C)CC(=O)O)cc(C3CC3)nc21. The summed E-state index contributed by atoms with van der Waals surface area (Å²) in [5.41, 5.74) is -0.414. The van der Waals surface area contributed by atoms with Crippen LogP contribution in [0.15, 0.2) is 15.7 Å². The van der Waals surface area contributed by atoms with E-state index in [-0.39, 0.29) is 29.1 Å². The Morgan fingerprint density at radius 1 is 1.40 bits per heavy atom. The topological polar surface area (TPSA) is 125 Å². The summed E-state index contributed by atoms with van der Waals surface area (Å²) in [6.07, 6.45) is 1.85. The van der Waals surface area contributed by atoms with Crippen LogP contribution in [-0.4, -0.2) is 50.0 Å². The largest absolute Gasteiger partial charge is 0.480 e. The predicted octanol–water partition coefficient (Wildman–Crippen LogP) is 0.139. The number of aromatic nitrogens is 3. The Kier molecular flexibility index (Phi) is 4.15. The van der Waals surface area contributed by atoms with Gasteiger partial charge in [-0.1, -0.05) is 0 Å². The first-order chi connectivity index (χ1) is 11.8. The van der Waals surface area contributed by atoms with Gasteiger partial charge in [0.1, 0.15) is 6.54 Å². The highest BCUT2D eigenvalue weighted by molar-refractivity contribution is 6.06. The lowest BCUT2D eigenvalue weighted by atomic mass is 10.1. The Labute approximate surface area is 141 Å². The molecule has 2 N–H and O–H groups in total. The summed E-state index contributed by atoms with van der Waals surface area (Å²) in [5, 5.41) is 8.91. The first-order valence-electron chi connectivity index (χ1n) is 7.98. The van der Waals surface area contributed by atoms with Gasteiger partial charge in [-0.25, -0.2) is 9.78 Å². The number of amides is 1. The molecule has 2 aromatic rings. The van der Waals surface area contributed by atoms with Gasteiger partial charge in [0, 0.05) is 25.2 Å². The minimum Gasteiger partial charge on any atom is -0.480 e. The summed E-state index contributed by atoms with van der Waals surface area (Å²) in [5.74, 6) is -1.56. The molecular weight excluding hydrogens is 328 g/mol. The maximum atomic E-state index is 12.7. The quantitative estimate of drug-likeness (QED) is 0.793. The van der Waals surface area contributed by atoms with Gasteiger partial charge in [-0.2, -0.15) is 0 Å². The number of carbonyl (C=O) groups excluding carboxylic acids is 1. The zero-order valence-corrected chi connectivity index (χ0v) is 13.9. The number of carboxylic acid groups (broad SMARTS) is 1. The molecule has 1 aliphatic rings. The van der Waals surface area contributed by atoms with E-state index in [1.165, 1.54) is 11.6 Å². The fourth-order valence-electron chi connectivity index (χ4n) is 2.82. The van der Waals surface area contributed by atoms with Crippen molar-refractivity contribution in [3.05, 3.63) is 38.2 Å². The van der Waals surface area contributed by atoms with E-state index in [4.69, 9.17) is 5.11 Å². The molecule has 1 saturated carbocycles. The van der Waals surface area contributed by atoms with E-state index in [1.54, 1.807) is 13.0 Å². The second-order valence-corrected chi connectivity index (χ2v) is 6.13. The van der Waals surface area contributed by atoms with E-state index < -0.39 is 29.7 Å². The van der Waals surface area contributed by atoms with Gasteiger partial charge < -0.3 is 10.0 Å². The van der Waals surface area contributed by atoms with E-state index in [2.05, 4.69) is 9.97 Å². The molecule has 0 bridgehead atoms. The third kappa shape index (κ3) is 3.04. The molecule has 0 saturated heterocycles. The molecule has 25 heavy (non-hydrogen) atoms. The smallest absolute Gasteiger partial charge is 0.329 e. The van der Waals surface area contributed by atoms with Crippen LogP contribution in [-0.2, 0) is 11.3 Å². The van der Waals surface area contributed by atoms with Crippen LogP contribution in [0.25, 0.3) is 11.0 Å². The van der Waals surface area contributed by atoms with Gasteiger partial charge in [-0.05, 0) is 25.8 Å². The number of hydrogen-bond donors (Lipinski definition) is 2. The molecule has 0 aromatic carbocycles. The Bertz CT molecular complexity index is 986. The highest BCUT2D eigenvalue weighted by atomic mass is 16.4. The molecule has 1 amide bonds. The summed E-state index contributed by atoms with van der Waals surface area (Å²) in [7, 11) is 1.35. The van der Waals surface area contributed by atoms with Gasteiger partial charge in [0.05, 0.1) is 10.9 Å². The average Bonchev–Trinajstić information content (AvgIpc) is 3.37. The van der Waals surface area contributed by atoms with Crippen LogP contribution >= 0.6 is 0 Å². The fraction of sp³-hybridized carbons (Fsp3) is 0.438. The van der Waals surface area contributed by atoms with Crippen LogP contribution in [0.4, 0.5) is 0 Å². The van der Waals surface area contributed by atoms with Crippen LogP contribution < -0.4 is 11.2 Å². The molecule has 1 aliphatic carbocycles. The van der Waals surface area contributed by atoms with Gasteiger partial charge in [0.2, 0.25) is 0 Å². The summed E-state index contributed by atoms with van der Waals surface area (Å²) < 4.78 is 1.30. The summed E-state index contributed by atoms with van der Waals surface area (Å²) in [6.45, 7) is 1.53. The molecule has 0 radical (unpaired) electrons. The van der Waals surface area contributed by atoms with Crippen LogP contribution in [0.5, 0.6) is 0 Å². The van der Waals surface area contributed by atoms with Crippen molar-refractivity contribution in [1.82, 2.24) is 19.4 Å². The standard InChI is InChI=1S/C16H18N4O5/c1-3-20-13-12(14(23)18-16(20)25)9(6-10(17-13)8-4-5-8)15(24)19(2)7-11(21)22/h6,8H,3-5,7H2,1-2H3,(H,21,22)(H,18,23,25). The first-order valence-corrected chi connectivity index (χ1v) is 7.98. The second-order valence-electron chi connectivity index (χ2n) is 6.13. The number of likely N-dealkylation sites (N-methyl/N-ethyl adjacent to an activating group) is 1. The minimum absolute atomic E-state index is 0.00749. The van der Waals surface area contributed by atoms with E-state index in [0.717, 1.165) is 17.7 Å². The summed E-state index contributed by atoms with van der Waals surface area (Å²) >= 11 is 0. The molecule has 2 heterocycles. The number of aliphatic carboxylic acids is 1. The molecule has 3 rings (SSSR count). The number of H-pyrrole nitrogens is 1. The van der Waals surface area contributed by atoms with Crippen molar-refractivity contribution in [2.24, 2.45) is 0 Å². The van der Waals surface area contributed by atoms with Gasteiger partial charge in [0.25, 0.3) is 11.5 Å². The Morgan fingerprint density at radius 3 is 2.64 bits per heavy atom. The van der Waals surface area contributed by atoms with Crippen molar-refractivity contribution in [1.29, 1.82) is 0 Å². The highest BCUT2D eigenvalue weighted by Crippen LogP contribution is 2.40. The molecule has 0 spiro atoms. The monoisotopic (exact) mass is 346 g/mol. The Hall–Kier alpha value is -2.97. The Balaban J connectivity index is 2.29. The lowest BCUT2D eigenvalue weighted by Crippen LogP contribution is -2.35. The van der Waals surface area contributed by atoms with Crippen molar-refractivity contribution < 1.29 is 14.7 Å². The normalized spacial score (nSPS) is 13.8. The molecule has 0 unspecified atom stereocenters. The number of rotatable bonds is 5. The predicted molar refractivity (Wildman–Crippen MR) is 88.9 cm³/mol. The van der Waals surface area contributed by atoms with Gasteiger partial charge in [0.15, 0.2) is 5.65 Å². The van der Waals surface area contributed by atoms with E-state index in [0.29, 0.717) is 5.69 Å². The number of aryl methyl sites for hydroxylation is 1. The molecule has 0 aliphatic heterocycles. The van der Waals surface area contributed by atoms with E-state index >= 15 is 0 Å². The third-order valence-electron chi connectivity index (χ3n) is 4.23. The zero-order valence-electron chi connectivity index (χ0n) is 13.9. The third-order valence-corrected chi connectivity index (χ3v) is 4.23. The number of aromatic amines is 1. The van der Waals surface area contributed by atoms with Crippen molar-refractivity contribution in [3.63, 3.8) is 0 Å². The molecule has 132 valence electrons. The number of hydrogen-bond acceptors (Lipinski definition) is 5. The van der Waals surface area contributed by atoms with Crippen molar-refractivity contribution in [3.8, 4) is 0 Å². The zero-order chi connectivity index (χ0) is 18.3. The lowest BCUT2D eigenvalue weighted by Gasteiger charge is -2.17. The molecule has 1 fully saturated rings. The van der Waals surface area contributed by atoms with Crippen LogP contribution in [0.1, 0.15) is 41.7 Å². The molecule has 9 nitrogen and oxygen atoms in total. The Morgan fingerprint density at radius 2 is 2.08 bits per heavy atom. The van der Waals surface area contributed by atoms with Gasteiger partial charge >= 0.3 is 11.7 Å². The maximum absolute atomic E-state index is 12.7. The minimum atomic E-state index is -1.16. The number of nitrogens with one attached hydrogen (secondary N) is 1. The second kappa shape index (κ2) is 6.15. The van der Waals surface area contributed by atoms with Gasteiger partial charge in [-0.15, -0.1) is 0 Å². The van der Waals surface area contributed by atoms with Crippen molar-refractivity contribution >= 4 is 22.9 Å². The molecular formula is C16H18N4O5. The van der Waals surface area contributed by atoms with Gasteiger partial charge in [-0.3, -0.25) is 23.9 Å². The molecule has 9 heteroatoms. The molecule has 2 aromatic heterocycles. The number of fused-ring (bicyclic) bond motifs is 1. The number of nitrogens with zero attached hydrogens (tertiary/aromatic N) is 3. The van der Waals surface area contributed by atoms with E-state index in [1.807, 2.05) is 0 Å². The lowest BCUT2D eigenvalue weighted by molar-refractivity contribution is -0.137. The fourth-order valence-corrected chi connectivity index (χ4v) is 2.82.